The van der Waals surface area contributed by atoms with Crippen molar-refractivity contribution in [2.75, 3.05) is 10.2 Å². The second kappa shape index (κ2) is 8.62. The van der Waals surface area contributed by atoms with Gasteiger partial charge in [0.1, 0.15) is 5.82 Å². The molecule has 0 bridgehead atoms. The maximum Gasteiger partial charge on any atom is 0.160 e. The number of pyridine rings is 1. The lowest BCUT2D eigenvalue weighted by atomic mass is 9.84. The number of benzene rings is 2. The lowest BCUT2D eigenvalue weighted by Crippen LogP contribution is -2.33. The van der Waals surface area contributed by atoms with Crippen LogP contribution in [0.1, 0.15) is 19.4 Å². The predicted molar refractivity (Wildman–Crippen MR) is 129 cm³/mol. The molecule has 2 aliphatic rings. The van der Waals surface area contributed by atoms with E-state index < -0.39 is 11.6 Å². The van der Waals surface area contributed by atoms with E-state index in [0.717, 1.165) is 40.6 Å². The summed E-state index contributed by atoms with van der Waals surface area (Å²) in [5.41, 5.74) is 5.35. The molecule has 1 aliphatic carbocycles. The molecule has 0 radical (unpaired) electrons. The summed E-state index contributed by atoms with van der Waals surface area (Å²) in [5, 5.41) is 3.41. The molecular weight excluding hydrogens is 418 g/mol. The Labute approximate surface area is 192 Å². The third-order valence-corrected chi connectivity index (χ3v) is 5.73. The third-order valence-electron chi connectivity index (χ3n) is 5.73. The number of nitrogens with zero attached hydrogens (tertiary/aromatic N) is 3. The van der Waals surface area contributed by atoms with Crippen LogP contribution in [-0.2, 0) is 6.42 Å². The summed E-state index contributed by atoms with van der Waals surface area (Å²) >= 11 is 0. The average molecular weight is 443 g/mol. The lowest BCUT2D eigenvalue weighted by Gasteiger charge is -2.40. The Morgan fingerprint density at radius 2 is 1.85 bits per heavy atom. The maximum atomic E-state index is 14.2. The number of nitrogens with one attached hydrogen (secondary N) is 1. The molecule has 2 aromatic carbocycles. The Kier molecular flexibility index (Phi) is 5.50. The number of hydrogen-bond donors (Lipinski definition) is 1. The average Bonchev–Trinajstić information content (AvgIpc) is 2.80. The molecule has 33 heavy (non-hydrogen) atoms. The van der Waals surface area contributed by atoms with Crippen LogP contribution in [0.25, 0.3) is 0 Å². The summed E-state index contributed by atoms with van der Waals surface area (Å²) < 4.78 is 27.9. The van der Waals surface area contributed by atoms with E-state index in [1.807, 2.05) is 61.2 Å². The first-order valence-electron chi connectivity index (χ1n) is 11.0. The zero-order valence-electron chi connectivity index (χ0n) is 18.5. The second-order valence-electron chi connectivity index (χ2n) is 8.47. The van der Waals surface area contributed by atoms with E-state index in [4.69, 9.17) is 4.99 Å². The van der Waals surface area contributed by atoms with Gasteiger partial charge in [0.2, 0.25) is 0 Å². The van der Waals surface area contributed by atoms with Crippen LogP contribution in [0.5, 0.6) is 0 Å². The molecule has 3 aromatic rings. The topological polar surface area (TPSA) is 40.5 Å². The van der Waals surface area contributed by atoms with Crippen molar-refractivity contribution in [2.45, 2.75) is 26.3 Å². The van der Waals surface area contributed by atoms with Crippen molar-refractivity contribution < 1.29 is 8.78 Å². The Bertz CT molecular complexity index is 1280. The molecule has 0 saturated carbocycles. The van der Waals surface area contributed by atoms with Crippen molar-refractivity contribution in [1.82, 2.24) is 4.98 Å². The minimum atomic E-state index is -0.868. The highest BCUT2D eigenvalue weighted by atomic mass is 19.2. The zero-order valence-corrected chi connectivity index (χ0v) is 18.5. The highest BCUT2D eigenvalue weighted by molar-refractivity contribution is 6.12. The second-order valence-corrected chi connectivity index (χ2v) is 8.47. The fraction of sp³-hybridized carbons (Fsp3) is 0.185. The van der Waals surface area contributed by atoms with Crippen LogP contribution in [0.15, 0.2) is 95.4 Å². The number of fused-ring (bicyclic) bond motifs is 2. The molecule has 0 amide bonds. The van der Waals surface area contributed by atoms with Gasteiger partial charge in [0.15, 0.2) is 11.6 Å². The molecule has 1 N–H and O–H groups in total. The van der Waals surface area contributed by atoms with E-state index in [1.165, 1.54) is 12.1 Å². The maximum absolute atomic E-state index is 14.2. The van der Waals surface area contributed by atoms with Crippen molar-refractivity contribution >= 4 is 22.9 Å². The van der Waals surface area contributed by atoms with E-state index in [1.54, 1.807) is 12.3 Å². The number of rotatable bonds is 4. The Morgan fingerprint density at radius 3 is 2.61 bits per heavy atom. The van der Waals surface area contributed by atoms with E-state index in [0.29, 0.717) is 5.69 Å². The molecule has 4 nitrogen and oxygen atoms in total. The molecule has 0 saturated heterocycles. The van der Waals surface area contributed by atoms with Gasteiger partial charge in [0, 0.05) is 41.3 Å². The van der Waals surface area contributed by atoms with E-state index in [-0.39, 0.29) is 12.0 Å². The first-order valence-corrected chi connectivity index (χ1v) is 11.0. The smallest absolute Gasteiger partial charge is 0.160 e. The fourth-order valence-electron chi connectivity index (χ4n) is 4.35. The molecule has 0 fully saturated rings. The molecule has 1 unspecified atom stereocenters. The van der Waals surface area contributed by atoms with Gasteiger partial charge in [-0.2, -0.15) is 0 Å². The van der Waals surface area contributed by atoms with Crippen molar-refractivity contribution in [1.29, 1.82) is 0 Å². The van der Waals surface area contributed by atoms with Crippen molar-refractivity contribution in [3.05, 3.63) is 108 Å². The first kappa shape index (κ1) is 21.1. The van der Waals surface area contributed by atoms with E-state index in [9.17, 15) is 8.78 Å². The normalized spacial score (nSPS) is 18.5. The predicted octanol–water partition coefficient (Wildman–Crippen LogP) is 6.41. The summed E-state index contributed by atoms with van der Waals surface area (Å²) in [7, 11) is 0. The molecule has 2 heterocycles. The fourth-order valence-corrected chi connectivity index (χ4v) is 4.35. The minimum absolute atomic E-state index is 0.0327. The SMILES string of the molecule is CC(C)N=C1C=C2C(C=C1Nc1ccccn1)Cc1ccccc1N2c1ccc(F)c(F)c1. The standard InChI is InChI=1S/C27H24F2N4/c1-17(2)31-24-16-26-19(14-23(24)32-27-9-5-6-12-30-27)13-18-7-3-4-8-25(18)33(26)20-10-11-21(28)22(29)15-20/h3-12,14-17,19H,13H2,1-2H3,(H,30,32). The van der Waals surface area contributed by atoms with E-state index >= 15 is 0 Å². The number of halogens is 2. The summed E-state index contributed by atoms with van der Waals surface area (Å²) in [4.78, 5) is 11.2. The van der Waals surface area contributed by atoms with Gasteiger partial charge in [-0.05, 0) is 68.3 Å². The molecule has 1 atom stereocenters. The number of anilines is 3. The van der Waals surface area contributed by atoms with Gasteiger partial charge in [0.05, 0.1) is 11.4 Å². The van der Waals surface area contributed by atoms with Gasteiger partial charge in [0.25, 0.3) is 0 Å². The lowest BCUT2D eigenvalue weighted by molar-refractivity contribution is 0.508. The molecule has 5 rings (SSSR count). The Hall–Kier alpha value is -3.80. The Balaban J connectivity index is 1.64. The molecule has 1 aromatic heterocycles. The van der Waals surface area contributed by atoms with Crippen molar-refractivity contribution in [2.24, 2.45) is 10.9 Å². The highest BCUT2D eigenvalue weighted by Gasteiger charge is 2.33. The number of allylic oxidation sites excluding steroid dienone is 2. The first-order chi connectivity index (χ1) is 16.0. The van der Waals surface area contributed by atoms with Crippen LogP contribution in [0.2, 0.25) is 0 Å². The molecular formula is C27H24F2N4. The van der Waals surface area contributed by atoms with Gasteiger partial charge in [-0.25, -0.2) is 13.8 Å². The van der Waals surface area contributed by atoms with Gasteiger partial charge in [-0.3, -0.25) is 4.99 Å². The number of para-hydroxylation sites is 1. The van der Waals surface area contributed by atoms with Gasteiger partial charge in [-0.1, -0.05) is 24.3 Å². The summed E-state index contributed by atoms with van der Waals surface area (Å²) in [6.45, 7) is 4.05. The van der Waals surface area contributed by atoms with Gasteiger partial charge >= 0.3 is 0 Å². The minimum Gasteiger partial charge on any atom is -0.339 e. The largest absolute Gasteiger partial charge is 0.339 e. The summed E-state index contributed by atoms with van der Waals surface area (Å²) in [6.07, 6.45) is 6.75. The van der Waals surface area contributed by atoms with Gasteiger partial charge < -0.3 is 10.2 Å². The van der Waals surface area contributed by atoms with Crippen LogP contribution in [-0.4, -0.2) is 16.7 Å². The molecule has 1 aliphatic heterocycles. The molecule has 6 heteroatoms. The monoisotopic (exact) mass is 442 g/mol. The van der Waals surface area contributed by atoms with Crippen molar-refractivity contribution in [3.63, 3.8) is 0 Å². The van der Waals surface area contributed by atoms with Crippen LogP contribution >= 0.6 is 0 Å². The van der Waals surface area contributed by atoms with Crippen LogP contribution < -0.4 is 10.2 Å². The highest BCUT2D eigenvalue weighted by Crippen LogP contribution is 2.44. The Morgan fingerprint density at radius 1 is 1.03 bits per heavy atom. The van der Waals surface area contributed by atoms with Crippen LogP contribution in [0, 0.1) is 17.6 Å². The summed E-state index contributed by atoms with van der Waals surface area (Å²) in [5.74, 6) is -0.953. The number of aliphatic imine (C=N–C) groups is 1. The number of hydrogen-bond acceptors (Lipinski definition) is 4. The van der Waals surface area contributed by atoms with Gasteiger partial charge in [-0.15, -0.1) is 0 Å². The van der Waals surface area contributed by atoms with Crippen LogP contribution in [0.3, 0.4) is 0 Å². The zero-order chi connectivity index (χ0) is 22.9. The molecule has 166 valence electrons. The van der Waals surface area contributed by atoms with Crippen molar-refractivity contribution in [3.8, 4) is 0 Å². The summed E-state index contributed by atoms with van der Waals surface area (Å²) in [6, 6.07) is 17.9. The molecule has 0 spiro atoms. The quantitative estimate of drug-likeness (QED) is 0.507. The van der Waals surface area contributed by atoms with E-state index in [2.05, 4.69) is 22.4 Å². The number of aromatic nitrogens is 1. The van der Waals surface area contributed by atoms with Crippen LogP contribution in [0.4, 0.5) is 26.0 Å². The third kappa shape index (κ3) is 4.16.